The van der Waals surface area contributed by atoms with E-state index in [0.29, 0.717) is 4.32 Å². The van der Waals surface area contributed by atoms with Crippen LogP contribution in [-0.4, -0.2) is 16.0 Å². The fourth-order valence-electron chi connectivity index (χ4n) is 1.23. The van der Waals surface area contributed by atoms with E-state index in [0.717, 1.165) is 12.1 Å². The topological polar surface area (TPSA) is 20.3 Å². The maximum atomic E-state index is 12.9. The molecule has 0 N–H and O–H groups in total. The molecule has 1 fully saturated rings. The predicted octanol–water partition coefficient (Wildman–Crippen LogP) is 2.33. The van der Waals surface area contributed by atoms with E-state index in [1.807, 2.05) is 0 Å². The van der Waals surface area contributed by atoms with E-state index < -0.39 is 11.6 Å². The molecule has 0 radical (unpaired) electrons. The molecule has 1 aliphatic rings. The van der Waals surface area contributed by atoms with Gasteiger partial charge in [0, 0.05) is 6.07 Å². The van der Waals surface area contributed by atoms with E-state index in [2.05, 4.69) is 0 Å². The Balaban J connectivity index is 2.41. The number of thioether (sulfide) groups is 1. The molecule has 2 nitrogen and oxygen atoms in total. The second-order valence-corrected chi connectivity index (χ2v) is 4.49. The van der Waals surface area contributed by atoms with E-state index in [1.54, 1.807) is 0 Å². The molecule has 0 unspecified atom stereocenters. The first kappa shape index (κ1) is 10.5. The Kier molecular flexibility index (Phi) is 2.70. The Bertz CT molecular complexity index is 434. The van der Waals surface area contributed by atoms with E-state index in [-0.39, 0.29) is 17.3 Å². The smallest absolute Gasteiger partial charge is 0.243 e. The Morgan fingerprint density at radius 1 is 1.33 bits per heavy atom. The highest BCUT2D eigenvalue weighted by Crippen LogP contribution is 2.27. The number of hydrogen-bond acceptors (Lipinski definition) is 3. The van der Waals surface area contributed by atoms with Crippen molar-refractivity contribution in [3.63, 3.8) is 0 Å². The van der Waals surface area contributed by atoms with Crippen LogP contribution < -0.4 is 4.90 Å². The number of hydrogen-bond donors (Lipinski definition) is 0. The Morgan fingerprint density at radius 2 is 2.07 bits per heavy atom. The van der Waals surface area contributed by atoms with E-state index in [9.17, 15) is 13.6 Å². The minimum Gasteiger partial charge on any atom is -0.273 e. The molecule has 0 spiro atoms. The molecule has 0 bridgehead atoms. The van der Waals surface area contributed by atoms with Crippen LogP contribution in [0.2, 0.25) is 0 Å². The molecule has 78 valence electrons. The van der Waals surface area contributed by atoms with Crippen LogP contribution in [0, 0.1) is 11.6 Å². The predicted molar refractivity (Wildman–Crippen MR) is 58.9 cm³/mol. The lowest BCUT2D eigenvalue weighted by molar-refractivity contribution is -0.115. The molecule has 1 heterocycles. The number of carbonyl (C=O) groups excluding carboxylic acids is 1. The van der Waals surface area contributed by atoms with Crippen molar-refractivity contribution in [3.8, 4) is 0 Å². The molecule has 1 saturated heterocycles. The standard InChI is InChI=1S/C9H5F2NOS2/c10-6-2-1-5(3-7(6)11)12-8(13)4-15-9(12)14/h1-3H,4H2. The Labute approximate surface area is 94.3 Å². The summed E-state index contributed by atoms with van der Waals surface area (Å²) >= 11 is 6.14. The fraction of sp³-hybridized carbons (Fsp3) is 0.111. The quantitative estimate of drug-likeness (QED) is 0.708. The average Bonchev–Trinajstić information content (AvgIpc) is 2.52. The van der Waals surface area contributed by atoms with Crippen molar-refractivity contribution in [2.75, 3.05) is 10.7 Å². The van der Waals surface area contributed by atoms with Crippen LogP contribution in [0.4, 0.5) is 14.5 Å². The van der Waals surface area contributed by atoms with Gasteiger partial charge in [0.1, 0.15) is 4.32 Å². The molecule has 6 heteroatoms. The molecular weight excluding hydrogens is 240 g/mol. The number of nitrogens with zero attached hydrogens (tertiary/aromatic N) is 1. The molecule has 2 rings (SSSR count). The summed E-state index contributed by atoms with van der Waals surface area (Å²) in [5, 5.41) is 0. The van der Waals surface area contributed by atoms with Gasteiger partial charge in [0.05, 0.1) is 11.4 Å². The highest BCUT2D eigenvalue weighted by Gasteiger charge is 2.28. The highest BCUT2D eigenvalue weighted by atomic mass is 32.2. The summed E-state index contributed by atoms with van der Waals surface area (Å²) in [6, 6.07) is 3.27. The molecule has 0 saturated carbocycles. The normalized spacial score (nSPS) is 16.3. The van der Waals surface area contributed by atoms with Gasteiger partial charge in [-0.1, -0.05) is 24.0 Å². The Morgan fingerprint density at radius 3 is 2.60 bits per heavy atom. The third kappa shape index (κ3) is 1.87. The van der Waals surface area contributed by atoms with Gasteiger partial charge < -0.3 is 0 Å². The molecule has 1 aliphatic heterocycles. The highest BCUT2D eigenvalue weighted by molar-refractivity contribution is 8.24. The lowest BCUT2D eigenvalue weighted by atomic mass is 10.3. The molecular formula is C9H5F2NOS2. The fourth-order valence-corrected chi connectivity index (χ4v) is 2.32. The minimum atomic E-state index is -0.986. The van der Waals surface area contributed by atoms with Crippen LogP contribution in [0.5, 0.6) is 0 Å². The van der Waals surface area contributed by atoms with Gasteiger partial charge in [0.15, 0.2) is 11.6 Å². The summed E-state index contributed by atoms with van der Waals surface area (Å²) in [6.45, 7) is 0. The molecule has 0 atom stereocenters. The lowest BCUT2D eigenvalue weighted by Crippen LogP contribution is -2.28. The molecule has 1 amide bonds. The maximum Gasteiger partial charge on any atom is 0.243 e. The first-order valence-electron chi connectivity index (χ1n) is 4.04. The Hall–Kier alpha value is -1.01. The zero-order chi connectivity index (χ0) is 11.0. The second-order valence-electron chi connectivity index (χ2n) is 2.88. The number of carbonyl (C=O) groups is 1. The van der Waals surface area contributed by atoms with Crippen molar-refractivity contribution in [1.82, 2.24) is 0 Å². The van der Waals surface area contributed by atoms with Gasteiger partial charge in [-0.25, -0.2) is 8.78 Å². The van der Waals surface area contributed by atoms with Gasteiger partial charge in [-0.3, -0.25) is 9.69 Å². The third-order valence-corrected chi connectivity index (χ3v) is 3.27. The number of rotatable bonds is 1. The van der Waals surface area contributed by atoms with Crippen LogP contribution in [0.1, 0.15) is 0 Å². The summed E-state index contributed by atoms with van der Waals surface area (Å²) in [6.07, 6.45) is 0. The second kappa shape index (κ2) is 3.86. The number of benzene rings is 1. The van der Waals surface area contributed by atoms with Crippen LogP contribution in [0.25, 0.3) is 0 Å². The monoisotopic (exact) mass is 245 g/mol. The van der Waals surface area contributed by atoms with Gasteiger partial charge in [0.25, 0.3) is 0 Å². The summed E-state index contributed by atoms with van der Waals surface area (Å²) in [7, 11) is 0. The molecule has 1 aromatic rings. The minimum absolute atomic E-state index is 0.212. The van der Waals surface area contributed by atoms with Crippen LogP contribution >= 0.6 is 24.0 Å². The van der Waals surface area contributed by atoms with Crippen LogP contribution in [0.15, 0.2) is 18.2 Å². The zero-order valence-corrected chi connectivity index (χ0v) is 9.00. The van der Waals surface area contributed by atoms with Gasteiger partial charge in [-0.2, -0.15) is 0 Å². The summed E-state index contributed by atoms with van der Waals surface area (Å²) < 4.78 is 26.0. The zero-order valence-electron chi connectivity index (χ0n) is 7.37. The number of amides is 1. The van der Waals surface area contributed by atoms with Crippen molar-refractivity contribution in [3.05, 3.63) is 29.8 Å². The third-order valence-electron chi connectivity index (χ3n) is 1.91. The van der Waals surface area contributed by atoms with Crippen molar-refractivity contribution in [2.24, 2.45) is 0 Å². The number of anilines is 1. The number of thiocarbonyl (C=S) groups is 1. The summed E-state index contributed by atoms with van der Waals surface area (Å²) in [5.41, 5.74) is 0.272. The molecule has 0 aromatic heterocycles. The largest absolute Gasteiger partial charge is 0.273 e. The molecule has 15 heavy (non-hydrogen) atoms. The lowest BCUT2D eigenvalue weighted by Gasteiger charge is -2.14. The summed E-state index contributed by atoms with van der Waals surface area (Å²) in [4.78, 5) is 12.6. The van der Waals surface area contributed by atoms with Gasteiger partial charge in [-0.05, 0) is 12.1 Å². The maximum absolute atomic E-state index is 12.9. The first-order chi connectivity index (χ1) is 7.09. The van der Waals surface area contributed by atoms with Crippen molar-refractivity contribution in [2.45, 2.75) is 0 Å². The van der Waals surface area contributed by atoms with Gasteiger partial charge in [-0.15, -0.1) is 0 Å². The summed E-state index contributed by atoms with van der Waals surface area (Å²) in [5.74, 6) is -1.89. The van der Waals surface area contributed by atoms with E-state index in [1.165, 1.54) is 22.7 Å². The molecule has 0 aliphatic carbocycles. The van der Waals surface area contributed by atoms with Crippen molar-refractivity contribution in [1.29, 1.82) is 0 Å². The van der Waals surface area contributed by atoms with Gasteiger partial charge in [0.2, 0.25) is 5.91 Å². The first-order valence-corrected chi connectivity index (χ1v) is 5.44. The van der Waals surface area contributed by atoms with Crippen LogP contribution in [0.3, 0.4) is 0 Å². The van der Waals surface area contributed by atoms with Crippen molar-refractivity contribution < 1.29 is 13.6 Å². The average molecular weight is 245 g/mol. The van der Waals surface area contributed by atoms with E-state index in [4.69, 9.17) is 12.2 Å². The van der Waals surface area contributed by atoms with Crippen LogP contribution in [-0.2, 0) is 4.79 Å². The molecule has 1 aromatic carbocycles. The number of halogens is 2. The SMILES string of the molecule is O=C1CSC(=S)N1c1ccc(F)c(F)c1. The van der Waals surface area contributed by atoms with Crippen molar-refractivity contribution >= 4 is 39.9 Å². The van der Waals surface area contributed by atoms with E-state index >= 15 is 0 Å². The van der Waals surface area contributed by atoms with Gasteiger partial charge >= 0.3 is 0 Å².